The number of rotatable bonds is 5. The summed E-state index contributed by atoms with van der Waals surface area (Å²) in [6.07, 6.45) is 6.38. The van der Waals surface area contributed by atoms with Gasteiger partial charge < -0.3 is 0 Å². The van der Waals surface area contributed by atoms with Crippen LogP contribution in [-0.4, -0.2) is 13.4 Å². The van der Waals surface area contributed by atoms with E-state index in [0.29, 0.717) is 0 Å². The Kier molecular flexibility index (Phi) is 7.79. The predicted octanol–water partition coefficient (Wildman–Crippen LogP) is 4.21. The van der Waals surface area contributed by atoms with E-state index in [4.69, 9.17) is 0 Å². The van der Waals surface area contributed by atoms with Crippen molar-refractivity contribution in [2.75, 3.05) is 5.33 Å². The normalized spacial score (nSPS) is 10.8. The van der Waals surface area contributed by atoms with Crippen LogP contribution in [0.5, 0.6) is 0 Å². The molecular formula is C11H21BrSi. The number of halogens is 1. The Balaban J connectivity index is 3.28. The summed E-state index contributed by atoms with van der Waals surface area (Å²) in [4.78, 5) is 0. The summed E-state index contributed by atoms with van der Waals surface area (Å²) in [5.41, 5.74) is 3.39. The molecule has 0 aromatic heterocycles. The maximum absolute atomic E-state index is 3.44. The average Bonchev–Trinajstić information content (AvgIpc) is 2.01. The molecule has 0 spiro atoms. The van der Waals surface area contributed by atoms with Crippen molar-refractivity contribution < 1.29 is 0 Å². The van der Waals surface area contributed by atoms with Gasteiger partial charge in [0.2, 0.25) is 0 Å². The quantitative estimate of drug-likeness (QED) is 0.301. The molecule has 0 nitrogen and oxygen atoms in total. The highest BCUT2D eigenvalue weighted by Gasteiger charge is 2.06. The molecule has 0 aromatic carbocycles. The molecule has 0 aliphatic heterocycles. The van der Waals surface area contributed by atoms with Crippen LogP contribution in [0.3, 0.4) is 0 Å². The molecule has 0 aliphatic rings. The second kappa shape index (κ2) is 7.64. The number of alkyl halides is 1. The van der Waals surface area contributed by atoms with Crippen LogP contribution < -0.4 is 0 Å². The van der Waals surface area contributed by atoms with Crippen LogP contribution in [-0.2, 0) is 0 Å². The highest BCUT2D eigenvalue weighted by Crippen LogP contribution is 2.04. The number of hydrogen-bond donors (Lipinski definition) is 0. The van der Waals surface area contributed by atoms with E-state index in [9.17, 15) is 0 Å². The molecule has 0 aliphatic carbocycles. The zero-order chi connectivity index (χ0) is 10.2. The molecule has 0 heterocycles. The molecule has 0 rings (SSSR count). The van der Waals surface area contributed by atoms with E-state index < -0.39 is 8.07 Å². The zero-order valence-corrected chi connectivity index (χ0v) is 11.7. The molecule has 0 radical (unpaired) electrons. The van der Waals surface area contributed by atoms with Crippen molar-refractivity contribution in [1.29, 1.82) is 0 Å². The van der Waals surface area contributed by atoms with Crippen LogP contribution in [0.4, 0.5) is 0 Å². The molecule has 76 valence electrons. The third-order valence-corrected chi connectivity index (χ3v) is 3.14. The Morgan fingerprint density at radius 1 is 1.00 bits per heavy atom. The highest BCUT2D eigenvalue weighted by atomic mass is 79.9. The zero-order valence-electron chi connectivity index (χ0n) is 9.12. The molecule has 0 amide bonds. The standard InChI is InChI=1S/C11H21BrSi/c1-13(2,3)11-9-7-5-4-6-8-10-12/h4-8,10H2,1-3H3. The second-order valence-corrected chi connectivity index (χ2v) is 9.95. The molecule has 0 aromatic rings. The lowest BCUT2D eigenvalue weighted by Gasteiger charge is -2.03. The van der Waals surface area contributed by atoms with E-state index >= 15 is 0 Å². The van der Waals surface area contributed by atoms with Gasteiger partial charge in [0.25, 0.3) is 0 Å². The van der Waals surface area contributed by atoms with Crippen molar-refractivity contribution >= 4 is 24.0 Å². The topological polar surface area (TPSA) is 0 Å². The van der Waals surface area contributed by atoms with Crippen molar-refractivity contribution in [1.82, 2.24) is 0 Å². The smallest absolute Gasteiger partial charge is 0.129 e. The van der Waals surface area contributed by atoms with Gasteiger partial charge in [-0.25, -0.2) is 0 Å². The van der Waals surface area contributed by atoms with Gasteiger partial charge in [-0.1, -0.05) is 48.4 Å². The van der Waals surface area contributed by atoms with Crippen LogP contribution in [0, 0.1) is 11.5 Å². The molecular weight excluding hydrogens is 240 g/mol. The van der Waals surface area contributed by atoms with Gasteiger partial charge in [0.05, 0.1) is 0 Å². The Bertz CT molecular complexity index is 171. The first kappa shape index (κ1) is 13.3. The van der Waals surface area contributed by atoms with Gasteiger partial charge in [0.1, 0.15) is 8.07 Å². The van der Waals surface area contributed by atoms with E-state index in [-0.39, 0.29) is 0 Å². The first-order chi connectivity index (χ1) is 6.06. The molecule has 0 saturated heterocycles. The van der Waals surface area contributed by atoms with Crippen LogP contribution in [0.1, 0.15) is 32.1 Å². The Morgan fingerprint density at radius 2 is 1.62 bits per heavy atom. The van der Waals surface area contributed by atoms with E-state index in [1.54, 1.807) is 0 Å². The fourth-order valence-corrected chi connectivity index (χ4v) is 2.04. The molecule has 0 N–H and O–H groups in total. The molecule has 13 heavy (non-hydrogen) atoms. The molecule has 0 bridgehead atoms. The molecule has 0 saturated carbocycles. The molecule has 0 unspecified atom stereocenters. The Hall–Kier alpha value is 0.257. The Labute approximate surface area is 92.6 Å². The molecule has 0 fully saturated rings. The summed E-state index contributed by atoms with van der Waals surface area (Å²) in [5.74, 6) is 3.30. The molecule has 2 heteroatoms. The van der Waals surface area contributed by atoms with Crippen LogP contribution >= 0.6 is 15.9 Å². The maximum atomic E-state index is 3.44. The third kappa shape index (κ3) is 12.3. The Morgan fingerprint density at radius 3 is 2.15 bits per heavy atom. The lowest BCUT2D eigenvalue weighted by atomic mass is 10.2. The van der Waals surface area contributed by atoms with E-state index in [2.05, 4.69) is 47.0 Å². The summed E-state index contributed by atoms with van der Waals surface area (Å²) >= 11 is 3.44. The van der Waals surface area contributed by atoms with Crippen LogP contribution in [0.25, 0.3) is 0 Å². The van der Waals surface area contributed by atoms with E-state index in [1.807, 2.05) is 0 Å². The van der Waals surface area contributed by atoms with Crippen LogP contribution in [0.2, 0.25) is 19.6 Å². The number of unbranched alkanes of at least 4 members (excludes halogenated alkanes) is 4. The summed E-state index contributed by atoms with van der Waals surface area (Å²) in [7, 11) is -1.10. The monoisotopic (exact) mass is 260 g/mol. The lowest BCUT2D eigenvalue weighted by molar-refractivity contribution is 0.685. The summed E-state index contributed by atoms with van der Waals surface area (Å²) in [6, 6.07) is 0. The fourth-order valence-electron chi connectivity index (χ4n) is 0.989. The largest absolute Gasteiger partial charge is 0.132 e. The van der Waals surface area contributed by atoms with E-state index in [0.717, 1.165) is 11.8 Å². The van der Waals surface area contributed by atoms with Crippen molar-refractivity contribution in [3.8, 4) is 11.5 Å². The average molecular weight is 261 g/mol. The highest BCUT2D eigenvalue weighted by molar-refractivity contribution is 9.09. The van der Waals surface area contributed by atoms with Gasteiger partial charge in [-0.15, -0.1) is 11.5 Å². The van der Waals surface area contributed by atoms with E-state index in [1.165, 1.54) is 25.7 Å². The van der Waals surface area contributed by atoms with Crippen molar-refractivity contribution in [2.24, 2.45) is 0 Å². The minimum absolute atomic E-state index is 1.10. The lowest BCUT2D eigenvalue weighted by Crippen LogP contribution is -2.16. The van der Waals surface area contributed by atoms with Gasteiger partial charge in [-0.3, -0.25) is 0 Å². The first-order valence-electron chi connectivity index (χ1n) is 5.12. The fraction of sp³-hybridized carbons (Fsp3) is 0.818. The second-order valence-electron chi connectivity index (χ2n) is 4.40. The summed E-state index contributed by atoms with van der Waals surface area (Å²) < 4.78 is 0. The first-order valence-corrected chi connectivity index (χ1v) is 9.74. The molecule has 0 atom stereocenters. The predicted molar refractivity (Wildman–Crippen MR) is 68.0 cm³/mol. The third-order valence-electron chi connectivity index (χ3n) is 1.65. The van der Waals surface area contributed by atoms with Gasteiger partial charge in [-0.2, -0.15) is 0 Å². The minimum atomic E-state index is -1.10. The van der Waals surface area contributed by atoms with Crippen molar-refractivity contribution in [2.45, 2.75) is 51.7 Å². The minimum Gasteiger partial charge on any atom is -0.132 e. The number of hydrogen-bond acceptors (Lipinski definition) is 0. The van der Waals surface area contributed by atoms with Gasteiger partial charge >= 0.3 is 0 Å². The maximum Gasteiger partial charge on any atom is 0.129 e. The SMILES string of the molecule is C[Si](C)(C)C#CCCCCCCBr. The van der Waals surface area contributed by atoms with Crippen molar-refractivity contribution in [3.05, 3.63) is 0 Å². The van der Waals surface area contributed by atoms with Crippen LogP contribution in [0.15, 0.2) is 0 Å². The summed E-state index contributed by atoms with van der Waals surface area (Å²) in [6.45, 7) is 6.89. The van der Waals surface area contributed by atoms with Crippen molar-refractivity contribution in [3.63, 3.8) is 0 Å². The van der Waals surface area contributed by atoms with Gasteiger partial charge in [0, 0.05) is 11.8 Å². The summed E-state index contributed by atoms with van der Waals surface area (Å²) in [5, 5.41) is 1.15. The van der Waals surface area contributed by atoms with Gasteiger partial charge in [-0.05, 0) is 12.8 Å². The van der Waals surface area contributed by atoms with Gasteiger partial charge in [0.15, 0.2) is 0 Å².